The lowest BCUT2D eigenvalue weighted by atomic mass is 10.3. The van der Waals surface area contributed by atoms with Gasteiger partial charge in [-0.25, -0.2) is 13.6 Å². The molecule has 1 aromatic carbocycles. The van der Waals surface area contributed by atoms with Crippen LogP contribution in [0.5, 0.6) is 5.75 Å². The third-order valence-electron chi connectivity index (χ3n) is 1.92. The summed E-state index contributed by atoms with van der Waals surface area (Å²) in [7, 11) is -3.93. The minimum absolute atomic E-state index is 0.0120. The number of sulfonamides is 1. The van der Waals surface area contributed by atoms with Crippen LogP contribution in [0.2, 0.25) is 0 Å². The van der Waals surface area contributed by atoms with E-state index < -0.39 is 22.0 Å². The molecular formula is C9H11BrN2O4S. The molecule has 0 radical (unpaired) electrons. The van der Waals surface area contributed by atoms with Crippen LogP contribution in [-0.4, -0.2) is 20.4 Å². The number of hydrogen-bond donors (Lipinski definition) is 2. The standard InChI is InChI=1S/C9H11BrN2O4S/c1-5(9(11)13)16-7-3-2-6(10)4-8(7)17(12,14)15/h2-5H,1H3,(H2,11,13)(H2,12,14,15). The second-order valence-electron chi connectivity index (χ2n) is 3.30. The van der Waals surface area contributed by atoms with E-state index in [9.17, 15) is 13.2 Å². The van der Waals surface area contributed by atoms with Gasteiger partial charge in [-0.15, -0.1) is 0 Å². The average Bonchev–Trinajstić information content (AvgIpc) is 2.18. The minimum atomic E-state index is -3.93. The number of nitrogens with two attached hydrogens (primary N) is 2. The Morgan fingerprint density at radius 3 is 2.53 bits per heavy atom. The molecule has 0 aliphatic heterocycles. The zero-order valence-electron chi connectivity index (χ0n) is 8.88. The molecule has 0 aliphatic rings. The highest BCUT2D eigenvalue weighted by molar-refractivity contribution is 9.10. The summed E-state index contributed by atoms with van der Waals surface area (Å²) in [5.41, 5.74) is 5.02. The highest BCUT2D eigenvalue weighted by atomic mass is 79.9. The van der Waals surface area contributed by atoms with E-state index in [0.717, 1.165) is 0 Å². The van der Waals surface area contributed by atoms with Crippen molar-refractivity contribution in [3.63, 3.8) is 0 Å². The van der Waals surface area contributed by atoms with E-state index >= 15 is 0 Å². The molecule has 1 unspecified atom stereocenters. The number of rotatable bonds is 4. The number of ether oxygens (including phenoxy) is 1. The molecule has 8 heteroatoms. The van der Waals surface area contributed by atoms with Gasteiger partial charge in [-0.2, -0.15) is 0 Å². The van der Waals surface area contributed by atoms with Crippen LogP contribution in [0.15, 0.2) is 27.6 Å². The number of primary sulfonamides is 1. The molecule has 0 fully saturated rings. The van der Waals surface area contributed by atoms with Crippen molar-refractivity contribution in [1.29, 1.82) is 0 Å². The molecule has 0 bridgehead atoms. The van der Waals surface area contributed by atoms with Crippen molar-refractivity contribution in [3.8, 4) is 5.75 Å². The van der Waals surface area contributed by atoms with Gasteiger partial charge < -0.3 is 10.5 Å². The molecule has 0 saturated heterocycles. The zero-order chi connectivity index (χ0) is 13.2. The molecule has 1 aromatic rings. The predicted molar refractivity (Wildman–Crippen MR) is 64.8 cm³/mol. The van der Waals surface area contributed by atoms with Gasteiger partial charge in [0.2, 0.25) is 10.0 Å². The van der Waals surface area contributed by atoms with Gasteiger partial charge in [0.15, 0.2) is 6.10 Å². The van der Waals surface area contributed by atoms with Crippen LogP contribution in [0.25, 0.3) is 0 Å². The number of hydrogen-bond acceptors (Lipinski definition) is 4. The highest BCUT2D eigenvalue weighted by Gasteiger charge is 2.19. The largest absolute Gasteiger partial charge is 0.479 e. The van der Waals surface area contributed by atoms with Gasteiger partial charge in [-0.05, 0) is 25.1 Å². The summed E-state index contributed by atoms with van der Waals surface area (Å²) < 4.78 is 28.3. The number of primary amides is 1. The molecule has 94 valence electrons. The summed E-state index contributed by atoms with van der Waals surface area (Å²) in [5, 5.41) is 5.03. The van der Waals surface area contributed by atoms with Gasteiger partial charge in [0, 0.05) is 4.47 Å². The molecule has 0 spiro atoms. The van der Waals surface area contributed by atoms with Gasteiger partial charge in [0.1, 0.15) is 10.6 Å². The van der Waals surface area contributed by atoms with Crippen molar-refractivity contribution in [2.75, 3.05) is 0 Å². The van der Waals surface area contributed by atoms with Crippen molar-refractivity contribution in [2.24, 2.45) is 10.9 Å². The van der Waals surface area contributed by atoms with Crippen LogP contribution < -0.4 is 15.6 Å². The second-order valence-corrected chi connectivity index (χ2v) is 5.74. The Bertz CT molecular complexity index is 544. The maximum Gasteiger partial charge on any atom is 0.258 e. The Labute approximate surface area is 107 Å². The first-order chi connectivity index (χ1) is 7.71. The highest BCUT2D eigenvalue weighted by Crippen LogP contribution is 2.27. The first-order valence-electron chi connectivity index (χ1n) is 4.50. The molecule has 0 aliphatic carbocycles. The molecule has 0 saturated carbocycles. The van der Waals surface area contributed by atoms with Crippen LogP contribution in [-0.2, 0) is 14.8 Å². The SMILES string of the molecule is CC(Oc1ccc(Br)cc1S(N)(=O)=O)C(N)=O. The first kappa shape index (κ1) is 13.9. The van der Waals surface area contributed by atoms with Crippen LogP contribution >= 0.6 is 15.9 Å². The van der Waals surface area contributed by atoms with E-state index in [1.807, 2.05) is 0 Å². The summed E-state index contributed by atoms with van der Waals surface area (Å²) in [4.78, 5) is 10.6. The van der Waals surface area contributed by atoms with Crippen LogP contribution in [0.1, 0.15) is 6.92 Å². The molecule has 1 atom stereocenters. The fraction of sp³-hybridized carbons (Fsp3) is 0.222. The van der Waals surface area contributed by atoms with Gasteiger partial charge in [0.25, 0.3) is 5.91 Å². The topological polar surface area (TPSA) is 112 Å². The summed E-state index contributed by atoms with van der Waals surface area (Å²) in [6.45, 7) is 1.41. The third-order valence-corrected chi connectivity index (χ3v) is 3.34. The molecule has 0 heterocycles. The number of halogens is 1. The van der Waals surface area contributed by atoms with Gasteiger partial charge in [-0.1, -0.05) is 15.9 Å². The minimum Gasteiger partial charge on any atom is -0.479 e. The van der Waals surface area contributed by atoms with E-state index in [4.69, 9.17) is 15.6 Å². The molecule has 1 rings (SSSR count). The molecular weight excluding hydrogens is 312 g/mol. The van der Waals surface area contributed by atoms with Crippen molar-refractivity contribution in [3.05, 3.63) is 22.7 Å². The zero-order valence-corrected chi connectivity index (χ0v) is 11.3. The lowest BCUT2D eigenvalue weighted by Crippen LogP contribution is -2.31. The quantitative estimate of drug-likeness (QED) is 0.832. The fourth-order valence-electron chi connectivity index (χ4n) is 1.05. The molecule has 0 aromatic heterocycles. The van der Waals surface area contributed by atoms with E-state index in [0.29, 0.717) is 4.47 Å². The maximum atomic E-state index is 11.3. The lowest BCUT2D eigenvalue weighted by Gasteiger charge is -2.14. The molecule has 4 N–H and O–H groups in total. The number of carbonyl (C=O) groups excluding carboxylic acids is 1. The molecule has 6 nitrogen and oxygen atoms in total. The number of carbonyl (C=O) groups is 1. The van der Waals surface area contributed by atoms with E-state index in [2.05, 4.69) is 15.9 Å². The third kappa shape index (κ3) is 3.69. The second kappa shape index (κ2) is 5.03. The van der Waals surface area contributed by atoms with Crippen molar-refractivity contribution < 1.29 is 17.9 Å². The van der Waals surface area contributed by atoms with Gasteiger partial charge in [-0.3, -0.25) is 4.79 Å². The summed E-state index contributed by atoms with van der Waals surface area (Å²) >= 11 is 3.12. The normalized spacial score (nSPS) is 13.1. The number of amides is 1. The van der Waals surface area contributed by atoms with Crippen LogP contribution in [0, 0.1) is 0 Å². The Morgan fingerprint density at radius 1 is 1.47 bits per heavy atom. The monoisotopic (exact) mass is 322 g/mol. The van der Waals surface area contributed by atoms with E-state index in [-0.39, 0.29) is 10.6 Å². The van der Waals surface area contributed by atoms with Crippen LogP contribution in [0.4, 0.5) is 0 Å². The Morgan fingerprint density at radius 2 is 2.06 bits per heavy atom. The number of benzene rings is 1. The molecule has 1 amide bonds. The maximum absolute atomic E-state index is 11.3. The van der Waals surface area contributed by atoms with Crippen molar-refractivity contribution >= 4 is 31.9 Å². The van der Waals surface area contributed by atoms with Gasteiger partial charge in [0.05, 0.1) is 0 Å². The van der Waals surface area contributed by atoms with Crippen molar-refractivity contribution in [1.82, 2.24) is 0 Å². The predicted octanol–water partition coefficient (Wildman–Crippen LogP) is 0.349. The Balaban J connectivity index is 3.21. The van der Waals surface area contributed by atoms with E-state index in [1.165, 1.54) is 19.1 Å². The molecule has 17 heavy (non-hydrogen) atoms. The average molecular weight is 323 g/mol. The Hall–Kier alpha value is -1.12. The Kier molecular flexibility index (Phi) is 4.12. The van der Waals surface area contributed by atoms with Gasteiger partial charge >= 0.3 is 0 Å². The summed E-state index contributed by atoms with van der Waals surface area (Å²) in [5.74, 6) is -0.713. The van der Waals surface area contributed by atoms with E-state index in [1.54, 1.807) is 6.07 Å². The summed E-state index contributed by atoms with van der Waals surface area (Å²) in [6, 6.07) is 4.25. The van der Waals surface area contributed by atoms with Crippen LogP contribution in [0.3, 0.4) is 0 Å². The smallest absolute Gasteiger partial charge is 0.258 e. The lowest BCUT2D eigenvalue weighted by molar-refractivity contribution is -0.124. The van der Waals surface area contributed by atoms with Crippen molar-refractivity contribution in [2.45, 2.75) is 17.9 Å². The summed E-state index contributed by atoms with van der Waals surface area (Å²) in [6.07, 6.45) is -0.948. The fourth-order valence-corrected chi connectivity index (χ4v) is 2.25. The first-order valence-corrected chi connectivity index (χ1v) is 6.84.